The summed E-state index contributed by atoms with van der Waals surface area (Å²) in [6, 6.07) is 4.39. The van der Waals surface area contributed by atoms with E-state index in [1.165, 1.54) is 12.1 Å². The summed E-state index contributed by atoms with van der Waals surface area (Å²) in [6.07, 6.45) is 0.798. The van der Waals surface area contributed by atoms with Crippen LogP contribution in [0.5, 0.6) is 5.75 Å². The largest absolute Gasteiger partial charge is 0.495 e. The van der Waals surface area contributed by atoms with Crippen molar-refractivity contribution in [1.29, 1.82) is 0 Å². The third-order valence-electron chi connectivity index (χ3n) is 2.25. The Balaban J connectivity index is 2.62. The van der Waals surface area contributed by atoms with E-state index in [-0.39, 0.29) is 11.4 Å². The Morgan fingerprint density at radius 1 is 1.44 bits per heavy atom. The van der Waals surface area contributed by atoms with Crippen LogP contribution in [0.1, 0.15) is 20.3 Å². The van der Waals surface area contributed by atoms with Crippen LogP contribution in [0.4, 0.5) is 10.1 Å². The van der Waals surface area contributed by atoms with Crippen LogP contribution in [0, 0.1) is 5.82 Å². The van der Waals surface area contributed by atoms with Crippen molar-refractivity contribution in [2.45, 2.75) is 25.8 Å². The fraction of sp³-hybridized carbons (Fsp3) is 0.500. The Hall–Kier alpha value is -1.29. The maximum Gasteiger partial charge on any atom is 0.142 e. The lowest BCUT2D eigenvalue weighted by Crippen LogP contribution is -2.34. The highest BCUT2D eigenvalue weighted by Crippen LogP contribution is 2.24. The van der Waals surface area contributed by atoms with Crippen molar-refractivity contribution in [3.63, 3.8) is 0 Å². The number of methoxy groups -OCH3 is 1. The van der Waals surface area contributed by atoms with Gasteiger partial charge in [0.1, 0.15) is 11.6 Å². The van der Waals surface area contributed by atoms with Crippen LogP contribution >= 0.6 is 0 Å². The highest BCUT2D eigenvalue weighted by Gasteiger charge is 2.10. The van der Waals surface area contributed by atoms with Crippen molar-refractivity contribution in [2.24, 2.45) is 5.73 Å². The summed E-state index contributed by atoms with van der Waals surface area (Å²) in [6.45, 7) is 4.60. The van der Waals surface area contributed by atoms with Crippen LogP contribution in [0.15, 0.2) is 18.2 Å². The Morgan fingerprint density at radius 2 is 2.12 bits per heavy atom. The monoisotopic (exact) mass is 226 g/mol. The molecule has 0 aliphatic rings. The van der Waals surface area contributed by atoms with E-state index < -0.39 is 0 Å². The number of anilines is 1. The molecule has 0 amide bonds. The first kappa shape index (κ1) is 12.8. The Labute approximate surface area is 95.8 Å². The second-order valence-electron chi connectivity index (χ2n) is 4.51. The molecule has 1 aromatic carbocycles. The summed E-state index contributed by atoms with van der Waals surface area (Å²) in [5.74, 6) is 0.353. The van der Waals surface area contributed by atoms with E-state index in [0.29, 0.717) is 18.0 Å². The number of rotatable bonds is 5. The van der Waals surface area contributed by atoms with Crippen LogP contribution in [-0.4, -0.2) is 19.2 Å². The van der Waals surface area contributed by atoms with Gasteiger partial charge in [-0.1, -0.05) is 0 Å². The predicted molar refractivity (Wildman–Crippen MR) is 64.3 cm³/mol. The van der Waals surface area contributed by atoms with E-state index in [9.17, 15) is 4.39 Å². The van der Waals surface area contributed by atoms with Crippen LogP contribution in [0.3, 0.4) is 0 Å². The van der Waals surface area contributed by atoms with Crippen molar-refractivity contribution in [2.75, 3.05) is 19.0 Å². The Kier molecular flexibility index (Phi) is 4.12. The minimum absolute atomic E-state index is 0.229. The summed E-state index contributed by atoms with van der Waals surface area (Å²) < 4.78 is 18.1. The van der Waals surface area contributed by atoms with Crippen molar-refractivity contribution in [3.05, 3.63) is 24.0 Å². The minimum atomic E-state index is -0.282. The number of ether oxygens (including phenoxy) is 1. The zero-order valence-corrected chi connectivity index (χ0v) is 10.0. The SMILES string of the molecule is COc1ccc(F)cc1NCCC(C)(C)N. The summed E-state index contributed by atoms with van der Waals surface area (Å²) in [4.78, 5) is 0. The van der Waals surface area contributed by atoms with Crippen LogP contribution in [-0.2, 0) is 0 Å². The molecule has 4 heteroatoms. The summed E-state index contributed by atoms with van der Waals surface area (Å²) in [5.41, 5.74) is 6.29. The van der Waals surface area contributed by atoms with Crippen molar-refractivity contribution in [1.82, 2.24) is 0 Å². The normalized spacial score (nSPS) is 11.3. The van der Waals surface area contributed by atoms with Crippen LogP contribution in [0.2, 0.25) is 0 Å². The topological polar surface area (TPSA) is 47.3 Å². The van der Waals surface area contributed by atoms with Gasteiger partial charge in [-0.3, -0.25) is 0 Å². The minimum Gasteiger partial charge on any atom is -0.495 e. The zero-order valence-electron chi connectivity index (χ0n) is 10.0. The molecule has 0 saturated carbocycles. The van der Waals surface area contributed by atoms with Gasteiger partial charge in [-0.05, 0) is 32.4 Å². The average Bonchev–Trinajstić information content (AvgIpc) is 2.16. The summed E-state index contributed by atoms with van der Waals surface area (Å²) in [5, 5.41) is 3.12. The lowest BCUT2D eigenvalue weighted by molar-refractivity contribution is 0.415. The number of nitrogens with two attached hydrogens (primary N) is 1. The molecule has 0 aliphatic carbocycles. The molecule has 90 valence electrons. The summed E-state index contributed by atoms with van der Waals surface area (Å²) in [7, 11) is 1.56. The maximum absolute atomic E-state index is 13.0. The smallest absolute Gasteiger partial charge is 0.142 e. The molecule has 0 aromatic heterocycles. The predicted octanol–water partition coefficient (Wildman–Crippen LogP) is 2.37. The fourth-order valence-corrected chi connectivity index (χ4v) is 1.34. The number of hydrogen-bond acceptors (Lipinski definition) is 3. The van der Waals surface area contributed by atoms with Gasteiger partial charge >= 0.3 is 0 Å². The van der Waals surface area contributed by atoms with Crippen LogP contribution in [0.25, 0.3) is 0 Å². The molecule has 0 fully saturated rings. The number of hydrogen-bond donors (Lipinski definition) is 2. The van der Waals surface area contributed by atoms with Crippen molar-refractivity contribution >= 4 is 5.69 Å². The van der Waals surface area contributed by atoms with E-state index in [0.717, 1.165) is 6.42 Å². The molecule has 0 spiro atoms. The van der Waals surface area contributed by atoms with Gasteiger partial charge < -0.3 is 15.8 Å². The van der Waals surface area contributed by atoms with E-state index in [1.807, 2.05) is 13.8 Å². The third kappa shape index (κ3) is 4.06. The summed E-state index contributed by atoms with van der Waals surface area (Å²) >= 11 is 0. The maximum atomic E-state index is 13.0. The van der Waals surface area contributed by atoms with Gasteiger partial charge in [0.15, 0.2) is 0 Å². The van der Waals surface area contributed by atoms with Gasteiger partial charge in [0.25, 0.3) is 0 Å². The van der Waals surface area contributed by atoms with Gasteiger partial charge in [0, 0.05) is 18.2 Å². The van der Waals surface area contributed by atoms with Crippen molar-refractivity contribution in [3.8, 4) is 5.75 Å². The highest BCUT2D eigenvalue weighted by molar-refractivity contribution is 5.56. The van der Waals surface area contributed by atoms with E-state index in [2.05, 4.69) is 5.32 Å². The first-order valence-electron chi connectivity index (χ1n) is 5.29. The standard InChI is InChI=1S/C12H19FN2O/c1-12(2,14)6-7-15-10-8-9(13)4-5-11(10)16-3/h4-5,8,15H,6-7,14H2,1-3H3. The molecule has 3 N–H and O–H groups in total. The average molecular weight is 226 g/mol. The van der Waals surface area contributed by atoms with Gasteiger partial charge in [-0.15, -0.1) is 0 Å². The van der Waals surface area contributed by atoms with E-state index in [4.69, 9.17) is 10.5 Å². The highest BCUT2D eigenvalue weighted by atomic mass is 19.1. The number of benzene rings is 1. The molecule has 0 heterocycles. The number of nitrogens with one attached hydrogen (secondary N) is 1. The molecular weight excluding hydrogens is 207 g/mol. The number of halogens is 1. The lowest BCUT2D eigenvalue weighted by atomic mass is 10.0. The molecular formula is C12H19FN2O. The van der Waals surface area contributed by atoms with E-state index in [1.54, 1.807) is 13.2 Å². The van der Waals surface area contributed by atoms with Gasteiger partial charge in [0.2, 0.25) is 0 Å². The second-order valence-corrected chi connectivity index (χ2v) is 4.51. The molecule has 0 saturated heterocycles. The van der Waals surface area contributed by atoms with Gasteiger partial charge in [-0.2, -0.15) is 0 Å². The second kappa shape index (κ2) is 5.16. The van der Waals surface area contributed by atoms with Crippen molar-refractivity contribution < 1.29 is 9.13 Å². The Bertz CT molecular complexity index is 347. The van der Waals surface area contributed by atoms with Gasteiger partial charge in [0.05, 0.1) is 12.8 Å². The molecule has 16 heavy (non-hydrogen) atoms. The fourth-order valence-electron chi connectivity index (χ4n) is 1.34. The lowest BCUT2D eigenvalue weighted by Gasteiger charge is -2.19. The molecule has 3 nitrogen and oxygen atoms in total. The molecule has 0 radical (unpaired) electrons. The molecule has 1 aromatic rings. The zero-order chi connectivity index (χ0) is 12.2. The third-order valence-corrected chi connectivity index (χ3v) is 2.25. The molecule has 0 bridgehead atoms. The first-order valence-corrected chi connectivity index (χ1v) is 5.29. The molecule has 0 atom stereocenters. The molecule has 0 unspecified atom stereocenters. The molecule has 1 rings (SSSR count). The first-order chi connectivity index (χ1) is 7.42. The van der Waals surface area contributed by atoms with Crippen LogP contribution < -0.4 is 15.8 Å². The Morgan fingerprint density at radius 3 is 2.69 bits per heavy atom. The molecule has 0 aliphatic heterocycles. The van der Waals surface area contributed by atoms with Gasteiger partial charge in [-0.25, -0.2) is 4.39 Å². The quantitative estimate of drug-likeness (QED) is 0.810. The van der Waals surface area contributed by atoms with E-state index >= 15 is 0 Å².